The number of hydrogen-bond donors (Lipinski definition) is 2. The maximum Gasteiger partial charge on any atom is 0.263 e. The van der Waals surface area contributed by atoms with Crippen LogP contribution in [0.2, 0.25) is 0 Å². The van der Waals surface area contributed by atoms with E-state index in [0.29, 0.717) is 23.8 Å². The molecule has 0 spiro atoms. The predicted molar refractivity (Wildman–Crippen MR) is 103 cm³/mol. The van der Waals surface area contributed by atoms with Gasteiger partial charge in [-0.1, -0.05) is 26.0 Å². The number of nitrogens with one attached hydrogen (secondary N) is 2. The lowest BCUT2D eigenvalue weighted by atomic mass is 10.0. The van der Waals surface area contributed by atoms with E-state index in [1.54, 1.807) is 24.3 Å². The minimum Gasteiger partial charge on any atom is -0.340 e. The first-order valence-corrected chi connectivity index (χ1v) is 11.0. The summed E-state index contributed by atoms with van der Waals surface area (Å²) in [7, 11) is -3.60. The molecule has 1 aromatic rings. The number of rotatable bonds is 4. The van der Waals surface area contributed by atoms with E-state index in [1.807, 2.05) is 4.90 Å². The highest BCUT2D eigenvalue weighted by molar-refractivity contribution is 7.90. The van der Waals surface area contributed by atoms with Crippen LogP contribution in [0.15, 0.2) is 34.2 Å². The zero-order valence-corrected chi connectivity index (χ0v) is 16.5. The smallest absolute Gasteiger partial charge is 0.263 e. The quantitative estimate of drug-likeness (QED) is 0.796. The maximum absolute atomic E-state index is 13.2. The van der Waals surface area contributed by atoms with Crippen molar-refractivity contribution in [2.75, 3.05) is 26.2 Å². The van der Waals surface area contributed by atoms with Crippen molar-refractivity contribution in [3.63, 3.8) is 0 Å². The van der Waals surface area contributed by atoms with Gasteiger partial charge in [0.2, 0.25) is 5.91 Å². The molecule has 0 saturated carbocycles. The Balaban J connectivity index is 1.62. The maximum atomic E-state index is 13.2. The number of hydrogen-bond acceptors (Lipinski definition) is 5. The van der Waals surface area contributed by atoms with Crippen LogP contribution in [0, 0.1) is 17.8 Å². The number of nitrogens with zero attached hydrogens (tertiary/aromatic N) is 2. The number of fused-ring (bicyclic) bond motifs is 2. The average Bonchev–Trinajstić information content (AvgIpc) is 3.26. The summed E-state index contributed by atoms with van der Waals surface area (Å²) in [5, 5.41) is 3.38. The van der Waals surface area contributed by atoms with Gasteiger partial charge < -0.3 is 10.2 Å². The Morgan fingerprint density at radius 1 is 1.22 bits per heavy atom. The zero-order chi connectivity index (χ0) is 19.2. The molecule has 0 radical (unpaired) electrons. The third-order valence-electron chi connectivity index (χ3n) is 5.63. The SMILES string of the molecule is CC(C)CC(N=C1NS(=O)(=O)c2ccccc21)C(=O)N1C[C@H]2CNC[C@H]2C1. The topological polar surface area (TPSA) is 90.9 Å². The van der Waals surface area contributed by atoms with Gasteiger partial charge in [0, 0.05) is 31.7 Å². The van der Waals surface area contributed by atoms with Gasteiger partial charge in [-0.3, -0.25) is 14.5 Å². The van der Waals surface area contributed by atoms with Gasteiger partial charge >= 0.3 is 0 Å². The second-order valence-corrected chi connectivity index (χ2v) is 9.80. The van der Waals surface area contributed by atoms with E-state index in [2.05, 4.69) is 28.9 Å². The van der Waals surface area contributed by atoms with E-state index in [0.717, 1.165) is 26.2 Å². The van der Waals surface area contributed by atoms with Crippen molar-refractivity contribution < 1.29 is 13.2 Å². The molecule has 2 N–H and O–H groups in total. The summed E-state index contributed by atoms with van der Waals surface area (Å²) in [5.74, 6) is 1.61. The second-order valence-electron chi connectivity index (χ2n) is 8.15. The number of amides is 1. The van der Waals surface area contributed by atoms with Gasteiger partial charge in [0.1, 0.15) is 11.9 Å². The lowest BCUT2D eigenvalue weighted by molar-refractivity contribution is -0.132. The molecule has 0 bridgehead atoms. The number of amidine groups is 1. The molecule has 27 heavy (non-hydrogen) atoms. The highest BCUT2D eigenvalue weighted by Crippen LogP contribution is 2.28. The Morgan fingerprint density at radius 3 is 2.56 bits per heavy atom. The highest BCUT2D eigenvalue weighted by atomic mass is 32.2. The van der Waals surface area contributed by atoms with E-state index in [4.69, 9.17) is 0 Å². The number of aliphatic imine (C=N–C) groups is 1. The average molecular weight is 391 g/mol. The molecule has 1 unspecified atom stereocenters. The lowest BCUT2D eigenvalue weighted by Crippen LogP contribution is -2.40. The fraction of sp³-hybridized carbons (Fsp3) is 0.579. The minimum atomic E-state index is -3.60. The van der Waals surface area contributed by atoms with Crippen molar-refractivity contribution in [1.29, 1.82) is 0 Å². The number of carbonyl (C=O) groups is 1. The third-order valence-corrected chi connectivity index (χ3v) is 7.03. The second kappa shape index (κ2) is 6.91. The summed E-state index contributed by atoms with van der Waals surface area (Å²) in [6, 6.07) is 6.20. The van der Waals surface area contributed by atoms with Gasteiger partial charge in [-0.15, -0.1) is 0 Å². The van der Waals surface area contributed by atoms with Gasteiger partial charge in [-0.25, -0.2) is 8.42 Å². The van der Waals surface area contributed by atoms with Crippen molar-refractivity contribution in [3.05, 3.63) is 29.8 Å². The Kier molecular flexibility index (Phi) is 4.71. The Labute approximate surface area is 160 Å². The summed E-state index contributed by atoms with van der Waals surface area (Å²) in [5.41, 5.74) is 0.543. The van der Waals surface area contributed by atoms with Crippen LogP contribution in [-0.2, 0) is 14.8 Å². The van der Waals surface area contributed by atoms with Gasteiger partial charge in [0.05, 0.1) is 4.90 Å². The lowest BCUT2D eigenvalue weighted by Gasteiger charge is -2.23. The van der Waals surface area contributed by atoms with Gasteiger partial charge in [0.15, 0.2) is 0 Å². The van der Waals surface area contributed by atoms with E-state index >= 15 is 0 Å². The van der Waals surface area contributed by atoms with Gasteiger partial charge in [0.25, 0.3) is 10.0 Å². The largest absolute Gasteiger partial charge is 0.340 e. The number of benzene rings is 1. The summed E-state index contributed by atoms with van der Waals surface area (Å²) in [6.07, 6.45) is 0.594. The van der Waals surface area contributed by atoms with E-state index in [-0.39, 0.29) is 22.6 Å². The molecule has 7 nitrogen and oxygen atoms in total. The molecule has 3 atom stereocenters. The molecule has 146 valence electrons. The molecule has 4 rings (SSSR count). The first-order chi connectivity index (χ1) is 12.8. The van der Waals surface area contributed by atoms with Crippen LogP contribution < -0.4 is 10.0 Å². The molecule has 3 heterocycles. The van der Waals surface area contributed by atoms with Crippen LogP contribution in [0.5, 0.6) is 0 Å². The molecule has 3 aliphatic rings. The summed E-state index contributed by atoms with van der Waals surface area (Å²) in [6.45, 7) is 7.55. The molecular formula is C19H26N4O3S. The van der Waals surface area contributed by atoms with Crippen molar-refractivity contribution in [2.24, 2.45) is 22.7 Å². The summed E-state index contributed by atoms with van der Waals surface area (Å²) < 4.78 is 27.2. The van der Waals surface area contributed by atoms with Crippen LogP contribution in [0.1, 0.15) is 25.8 Å². The molecule has 1 aromatic carbocycles. The Bertz CT molecular complexity index is 869. The predicted octanol–water partition coefficient (Wildman–Crippen LogP) is 0.818. The van der Waals surface area contributed by atoms with Crippen LogP contribution in [0.3, 0.4) is 0 Å². The normalized spacial score (nSPS) is 28.3. The van der Waals surface area contributed by atoms with Crippen LogP contribution in [0.4, 0.5) is 0 Å². The number of likely N-dealkylation sites (tertiary alicyclic amines) is 1. The van der Waals surface area contributed by atoms with Gasteiger partial charge in [-0.2, -0.15) is 0 Å². The van der Waals surface area contributed by atoms with Gasteiger partial charge in [-0.05, 0) is 36.3 Å². The van der Waals surface area contributed by atoms with Crippen LogP contribution >= 0.6 is 0 Å². The highest BCUT2D eigenvalue weighted by Gasteiger charge is 2.40. The molecular weight excluding hydrogens is 364 g/mol. The molecule has 2 saturated heterocycles. The Morgan fingerprint density at radius 2 is 1.89 bits per heavy atom. The summed E-state index contributed by atoms with van der Waals surface area (Å²) in [4.78, 5) is 19.9. The van der Waals surface area contributed by atoms with E-state index < -0.39 is 16.1 Å². The fourth-order valence-electron chi connectivity index (χ4n) is 4.29. The number of carbonyl (C=O) groups excluding carboxylic acids is 1. The fourth-order valence-corrected chi connectivity index (χ4v) is 5.53. The molecule has 1 amide bonds. The Hall–Kier alpha value is -1.93. The monoisotopic (exact) mass is 390 g/mol. The molecule has 2 fully saturated rings. The molecule has 0 aliphatic carbocycles. The van der Waals surface area contributed by atoms with Crippen molar-refractivity contribution in [2.45, 2.75) is 31.2 Å². The van der Waals surface area contributed by atoms with Crippen molar-refractivity contribution >= 4 is 21.8 Å². The third kappa shape index (κ3) is 3.48. The molecule has 0 aromatic heterocycles. The van der Waals surface area contributed by atoms with Crippen LogP contribution in [-0.4, -0.2) is 57.3 Å². The van der Waals surface area contributed by atoms with Crippen molar-refractivity contribution in [3.8, 4) is 0 Å². The van der Waals surface area contributed by atoms with Crippen LogP contribution in [0.25, 0.3) is 0 Å². The van der Waals surface area contributed by atoms with E-state index in [1.165, 1.54) is 0 Å². The standard InChI is InChI=1S/C19H26N4O3S/c1-12(2)7-16(19(24)23-10-13-8-20-9-14(13)11-23)21-18-15-5-3-4-6-17(15)27(25,26)22-18/h3-6,12-14,16,20H,7-11H2,1-2H3,(H,21,22)/t13-,14+,16?. The summed E-state index contributed by atoms with van der Waals surface area (Å²) >= 11 is 0. The first kappa shape index (κ1) is 18.4. The zero-order valence-electron chi connectivity index (χ0n) is 15.7. The molecule has 3 aliphatic heterocycles. The minimum absolute atomic E-state index is 0.00850. The van der Waals surface area contributed by atoms with E-state index in [9.17, 15) is 13.2 Å². The van der Waals surface area contributed by atoms with Crippen molar-refractivity contribution in [1.82, 2.24) is 14.9 Å². The first-order valence-electron chi connectivity index (χ1n) is 9.54. The molecule has 8 heteroatoms. The number of sulfonamides is 1.